The molecule has 2 atom stereocenters. The second kappa shape index (κ2) is 9.54. The topological polar surface area (TPSA) is 91.4 Å². The Balaban J connectivity index is 2.20. The predicted molar refractivity (Wildman–Crippen MR) is 106 cm³/mol. The number of aromatic amines is 1. The van der Waals surface area contributed by atoms with Gasteiger partial charge in [-0.1, -0.05) is 31.9 Å². The molecule has 3 N–H and O–H groups in total. The average Bonchev–Trinajstić information content (AvgIpc) is 2.96. The van der Waals surface area contributed by atoms with Crippen molar-refractivity contribution in [2.24, 2.45) is 10.9 Å². The lowest BCUT2D eigenvalue weighted by molar-refractivity contribution is -0.120. The second-order valence-electron chi connectivity index (χ2n) is 6.43. The molecule has 0 aliphatic heterocycles. The highest BCUT2D eigenvalue weighted by molar-refractivity contribution is 6.31. The van der Waals surface area contributed by atoms with E-state index in [-0.39, 0.29) is 11.9 Å². The van der Waals surface area contributed by atoms with Gasteiger partial charge in [0.05, 0.1) is 18.2 Å². The van der Waals surface area contributed by atoms with E-state index in [1.807, 2.05) is 19.9 Å². The molecule has 0 aliphatic rings. The van der Waals surface area contributed by atoms with E-state index in [1.165, 1.54) is 0 Å². The number of methoxy groups -OCH3 is 1. The fraction of sp³-hybridized carbons (Fsp3) is 0.500. The average molecular weight is 380 g/mol. The largest absolute Gasteiger partial charge is 0.382 e. The number of hydrogen-bond acceptors (Lipinski definition) is 4. The number of ether oxygens (including phenoxy) is 1. The zero-order valence-corrected chi connectivity index (χ0v) is 16.4. The quantitative estimate of drug-likeness (QED) is 0.506. The lowest BCUT2D eigenvalue weighted by Gasteiger charge is -2.14. The number of nitrogens with one attached hydrogen (secondary N) is 3. The molecule has 1 aromatic carbocycles. The lowest BCUT2D eigenvalue weighted by Crippen LogP contribution is -2.38. The molecule has 0 spiro atoms. The van der Waals surface area contributed by atoms with Crippen LogP contribution >= 0.6 is 11.6 Å². The minimum absolute atomic E-state index is 0.0851. The first kappa shape index (κ1) is 20.2. The molecule has 7 nitrogen and oxygen atoms in total. The number of anilines is 1. The maximum Gasteiger partial charge on any atom is 0.226 e. The number of carbonyl (C=O) groups excluding carboxylic acids is 1. The molecule has 0 radical (unpaired) electrons. The molecular weight excluding hydrogens is 354 g/mol. The normalized spacial score (nSPS) is 14.3. The molecular formula is C18H26ClN5O2. The van der Waals surface area contributed by atoms with Crippen molar-refractivity contribution < 1.29 is 9.53 Å². The van der Waals surface area contributed by atoms with Crippen LogP contribution in [0.5, 0.6) is 0 Å². The molecule has 0 aliphatic carbocycles. The number of rotatable bonds is 7. The van der Waals surface area contributed by atoms with E-state index in [1.54, 1.807) is 19.2 Å². The first-order valence-corrected chi connectivity index (χ1v) is 9.08. The number of H-pyrrole nitrogens is 1. The molecule has 8 heteroatoms. The van der Waals surface area contributed by atoms with Gasteiger partial charge in [0.2, 0.25) is 11.9 Å². The Labute approximate surface area is 158 Å². The van der Waals surface area contributed by atoms with E-state index < -0.39 is 0 Å². The van der Waals surface area contributed by atoms with Crippen LogP contribution in [0.1, 0.15) is 33.6 Å². The molecule has 142 valence electrons. The number of amides is 1. The molecule has 2 unspecified atom stereocenters. The van der Waals surface area contributed by atoms with Gasteiger partial charge in [-0.2, -0.15) is 5.10 Å². The van der Waals surface area contributed by atoms with Crippen LogP contribution in [-0.4, -0.2) is 41.8 Å². The minimum atomic E-state index is -0.119. The number of nitrogens with zero attached hydrogens (tertiary/aromatic N) is 2. The lowest BCUT2D eigenvalue weighted by atomic mass is 10.1. The van der Waals surface area contributed by atoms with E-state index in [0.717, 1.165) is 17.3 Å². The van der Waals surface area contributed by atoms with Crippen LogP contribution in [0.15, 0.2) is 23.2 Å². The minimum Gasteiger partial charge on any atom is -0.382 e. The number of aromatic nitrogens is 2. The number of aliphatic imine (C=N–C) groups is 1. The zero-order chi connectivity index (χ0) is 19.1. The van der Waals surface area contributed by atoms with Crippen LogP contribution in [0, 0.1) is 5.92 Å². The fourth-order valence-electron chi connectivity index (χ4n) is 2.44. The number of carbonyl (C=O) groups is 1. The number of fused-ring (bicyclic) bond motifs is 1. The molecule has 2 aromatic rings. The Bertz CT molecular complexity index is 774. The van der Waals surface area contributed by atoms with Gasteiger partial charge in [-0.3, -0.25) is 15.2 Å². The fourth-order valence-corrected chi connectivity index (χ4v) is 2.61. The van der Waals surface area contributed by atoms with Crippen molar-refractivity contribution >= 4 is 40.2 Å². The van der Waals surface area contributed by atoms with Gasteiger partial charge in [-0.05, 0) is 31.0 Å². The number of hydrogen-bond donors (Lipinski definition) is 3. The second-order valence-corrected chi connectivity index (χ2v) is 6.87. The van der Waals surface area contributed by atoms with Gasteiger partial charge in [0.25, 0.3) is 0 Å². The van der Waals surface area contributed by atoms with Crippen molar-refractivity contribution in [2.45, 2.75) is 39.7 Å². The highest BCUT2D eigenvalue weighted by Crippen LogP contribution is 2.23. The van der Waals surface area contributed by atoms with Gasteiger partial charge in [0, 0.05) is 23.9 Å². The van der Waals surface area contributed by atoms with Gasteiger partial charge in [0.1, 0.15) is 0 Å². The highest BCUT2D eigenvalue weighted by Gasteiger charge is 2.14. The number of halogens is 1. The molecule has 0 saturated carbocycles. The summed E-state index contributed by atoms with van der Waals surface area (Å²) in [5, 5.41) is 14.6. The Morgan fingerprint density at radius 1 is 1.42 bits per heavy atom. The third-order valence-electron chi connectivity index (χ3n) is 4.01. The van der Waals surface area contributed by atoms with E-state index in [9.17, 15) is 4.79 Å². The zero-order valence-electron chi connectivity index (χ0n) is 15.6. The molecule has 1 aromatic heterocycles. The molecule has 1 amide bonds. The Morgan fingerprint density at radius 3 is 2.88 bits per heavy atom. The summed E-state index contributed by atoms with van der Waals surface area (Å²) in [6, 6.07) is 5.32. The first-order valence-electron chi connectivity index (χ1n) is 8.70. The summed E-state index contributed by atoms with van der Waals surface area (Å²) in [6.45, 7) is 6.47. The van der Waals surface area contributed by atoms with Gasteiger partial charge in [-0.15, -0.1) is 0 Å². The standard InChI is InChI=1S/C18H26ClN5O2/c1-5-11(2)8-16(25)21-18(20-12(3)10-26-4)22-17-14-7-6-13(19)9-15(14)23-24-17/h6-7,9,11-12H,5,8,10H2,1-4H3,(H3,20,21,22,23,24,25). The van der Waals surface area contributed by atoms with Crippen molar-refractivity contribution in [2.75, 3.05) is 19.0 Å². The van der Waals surface area contributed by atoms with Gasteiger partial charge < -0.3 is 10.1 Å². The summed E-state index contributed by atoms with van der Waals surface area (Å²) in [7, 11) is 1.62. The van der Waals surface area contributed by atoms with E-state index in [2.05, 4.69) is 32.7 Å². The molecule has 0 bridgehead atoms. The predicted octanol–water partition coefficient (Wildman–Crippen LogP) is 3.57. The summed E-state index contributed by atoms with van der Waals surface area (Å²) in [5.74, 6) is 1.15. The first-order chi connectivity index (χ1) is 12.4. The molecule has 0 saturated heterocycles. The molecule has 0 fully saturated rings. The Morgan fingerprint density at radius 2 is 2.19 bits per heavy atom. The van der Waals surface area contributed by atoms with Crippen molar-refractivity contribution in [1.82, 2.24) is 15.5 Å². The number of benzene rings is 1. The van der Waals surface area contributed by atoms with Crippen LogP contribution in [0.25, 0.3) is 10.9 Å². The molecule has 26 heavy (non-hydrogen) atoms. The summed E-state index contributed by atoms with van der Waals surface area (Å²) in [4.78, 5) is 16.8. The summed E-state index contributed by atoms with van der Waals surface area (Å²) in [6.07, 6.45) is 1.38. The monoisotopic (exact) mass is 379 g/mol. The highest BCUT2D eigenvalue weighted by atomic mass is 35.5. The Kier molecular flexibility index (Phi) is 7.41. The third kappa shape index (κ3) is 5.71. The van der Waals surface area contributed by atoms with E-state index in [0.29, 0.717) is 35.7 Å². The van der Waals surface area contributed by atoms with Crippen LogP contribution in [-0.2, 0) is 9.53 Å². The van der Waals surface area contributed by atoms with Crippen LogP contribution < -0.4 is 10.6 Å². The van der Waals surface area contributed by atoms with Crippen LogP contribution in [0.2, 0.25) is 5.02 Å². The maximum absolute atomic E-state index is 12.3. The van der Waals surface area contributed by atoms with Gasteiger partial charge >= 0.3 is 0 Å². The van der Waals surface area contributed by atoms with Gasteiger partial charge in [0.15, 0.2) is 5.82 Å². The Hall–Kier alpha value is -2.12. The maximum atomic E-state index is 12.3. The third-order valence-corrected chi connectivity index (χ3v) is 4.24. The van der Waals surface area contributed by atoms with Crippen LogP contribution in [0.3, 0.4) is 0 Å². The molecule has 2 rings (SSSR count). The van der Waals surface area contributed by atoms with Crippen LogP contribution in [0.4, 0.5) is 5.82 Å². The van der Waals surface area contributed by atoms with E-state index >= 15 is 0 Å². The van der Waals surface area contributed by atoms with Crippen molar-refractivity contribution in [1.29, 1.82) is 0 Å². The summed E-state index contributed by atoms with van der Waals surface area (Å²) < 4.78 is 5.13. The van der Waals surface area contributed by atoms with Crippen molar-refractivity contribution in [3.63, 3.8) is 0 Å². The molecule has 1 heterocycles. The summed E-state index contributed by atoms with van der Waals surface area (Å²) >= 11 is 6.01. The SMILES string of the molecule is CCC(C)CC(=O)NC(=NC(C)COC)Nc1n[nH]c2cc(Cl)ccc12. The van der Waals surface area contributed by atoms with Crippen molar-refractivity contribution in [3.05, 3.63) is 23.2 Å². The smallest absolute Gasteiger partial charge is 0.226 e. The summed E-state index contributed by atoms with van der Waals surface area (Å²) in [5.41, 5.74) is 0.801. The van der Waals surface area contributed by atoms with E-state index in [4.69, 9.17) is 16.3 Å². The number of guanidine groups is 1. The van der Waals surface area contributed by atoms with Gasteiger partial charge in [-0.25, -0.2) is 4.99 Å². The van der Waals surface area contributed by atoms with Crippen molar-refractivity contribution in [3.8, 4) is 0 Å².